The number of fused-ring (bicyclic) bond motifs is 1. The summed E-state index contributed by atoms with van der Waals surface area (Å²) in [6.07, 6.45) is 0. The van der Waals surface area contributed by atoms with Crippen LogP contribution in [0.25, 0.3) is 10.8 Å². The average Bonchev–Trinajstić information content (AvgIpc) is 2.19. The standard InChI is InChI=1S/C10H5Br2NO3/c11-4-1-6-5(7(12)2-4)3-8(10(15)16)13-9(6)14/h1-3H,(H,13,14)(H,15,16). The highest BCUT2D eigenvalue weighted by atomic mass is 79.9. The summed E-state index contributed by atoms with van der Waals surface area (Å²) in [6, 6.07) is 4.83. The largest absolute Gasteiger partial charge is 0.477 e. The number of pyridine rings is 1. The van der Waals surface area contributed by atoms with Crippen LogP contribution in [0.2, 0.25) is 0 Å². The maximum atomic E-state index is 11.6. The minimum Gasteiger partial charge on any atom is -0.477 e. The molecule has 1 aromatic carbocycles. The van der Waals surface area contributed by atoms with E-state index in [1.54, 1.807) is 12.1 Å². The van der Waals surface area contributed by atoms with Gasteiger partial charge in [-0.1, -0.05) is 31.9 Å². The fourth-order valence-electron chi connectivity index (χ4n) is 1.40. The molecule has 1 heterocycles. The molecule has 0 fully saturated rings. The van der Waals surface area contributed by atoms with Crippen molar-refractivity contribution in [3.05, 3.63) is 43.2 Å². The first-order chi connectivity index (χ1) is 7.49. The lowest BCUT2D eigenvalue weighted by atomic mass is 10.1. The summed E-state index contributed by atoms with van der Waals surface area (Å²) in [5, 5.41) is 9.83. The molecule has 2 aromatic rings. The van der Waals surface area contributed by atoms with Crippen molar-refractivity contribution in [1.29, 1.82) is 0 Å². The van der Waals surface area contributed by atoms with Crippen molar-refractivity contribution in [2.45, 2.75) is 0 Å². The van der Waals surface area contributed by atoms with Crippen LogP contribution in [0, 0.1) is 0 Å². The first-order valence-electron chi connectivity index (χ1n) is 4.24. The van der Waals surface area contributed by atoms with Crippen molar-refractivity contribution >= 4 is 48.6 Å². The van der Waals surface area contributed by atoms with Crippen LogP contribution < -0.4 is 5.56 Å². The van der Waals surface area contributed by atoms with Crippen molar-refractivity contribution in [3.8, 4) is 0 Å². The Morgan fingerprint density at radius 1 is 1.19 bits per heavy atom. The molecule has 0 radical (unpaired) electrons. The van der Waals surface area contributed by atoms with Crippen LogP contribution in [-0.4, -0.2) is 16.1 Å². The third-order valence-electron chi connectivity index (χ3n) is 2.11. The van der Waals surface area contributed by atoms with E-state index in [0.717, 1.165) is 4.47 Å². The predicted molar refractivity (Wildman–Crippen MR) is 66.9 cm³/mol. The van der Waals surface area contributed by atoms with Crippen molar-refractivity contribution in [2.24, 2.45) is 0 Å². The second-order valence-electron chi connectivity index (χ2n) is 3.17. The number of aromatic carboxylic acids is 1. The van der Waals surface area contributed by atoms with Crippen LogP contribution in [0.15, 0.2) is 31.9 Å². The number of carboxylic acids is 1. The summed E-state index contributed by atoms with van der Waals surface area (Å²) in [5.74, 6) is -1.16. The second kappa shape index (κ2) is 4.03. The van der Waals surface area contributed by atoms with Gasteiger partial charge in [0.05, 0.1) is 0 Å². The Morgan fingerprint density at radius 3 is 2.50 bits per heavy atom. The lowest BCUT2D eigenvalue weighted by molar-refractivity contribution is 0.0690. The summed E-state index contributed by atoms with van der Waals surface area (Å²) in [7, 11) is 0. The summed E-state index contributed by atoms with van der Waals surface area (Å²) < 4.78 is 1.42. The van der Waals surface area contributed by atoms with Crippen LogP contribution in [0.3, 0.4) is 0 Å². The van der Waals surface area contributed by atoms with E-state index in [1.807, 2.05) is 0 Å². The summed E-state index contributed by atoms with van der Waals surface area (Å²) in [4.78, 5) is 24.7. The highest BCUT2D eigenvalue weighted by Gasteiger charge is 2.10. The summed E-state index contributed by atoms with van der Waals surface area (Å²) in [6.45, 7) is 0. The topological polar surface area (TPSA) is 70.2 Å². The molecular weight excluding hydrogens is 342 g/mol. The van der Waals surface area contributed by atoms with Gasteiger partial charge in [0.2, 0.25) is 0 Å². The Kier molecular flexibility index (Phi) is 2.86. The minimum atomic E-state index is -1.16. The van der Waals surface area contributed by atoms with Crippen LogP contribution in [0.5, 0.6) is 0 Å². The molecule has 0 aliphatic rings. The highest BCUT2D eigenvalue weighted by Crippen LogP contribution is 2.26. The number of halogens is 2. The molecule has 0 unspecified atom stereocenters. The van der Waals surface area contributed by atoms with Gasteiger partial charge in [0.1, 0.15) is 5.69 Å². The molecule has 4 nitrogen and oxygen atoms in total. The number of rotatable bonds is 1. The second-order valence-corrected chi connectivity index (χ2v) is 4.94. The predicted octanol–water partition coefficient (Wildman–Crippen LogP) is 2.75. The number of hydrogen-bond acceptors (Lipinski definition) is 2. The van der Waals surface area contributed by atoms with Gasteiger partial charge in [0, 0.05) is 19.7 Å². The highest BCUT2D eigenvalue weighted by molar-refractivity contribution is 9.11. The third kappa shape index (κ3) is 1.90. The molecule has 0 aliphatic carbocycles. The molecule has 0 bridgehead atoms. The first-order valence-corrected chi connectivity index (χ1v) is 5.83. The fourth-order valence-corrected chi connectivity index (χ4v) is 2.74. The van der Waals surface area contributed by atoms with Crippen molar-refractivity contribution < 1.29 is 9.90 Å². The Hall–Kier alpha value is -1.14. The number of aromatic nitrogens is 1. The Bertz CT molecular complexity index is 648. The zero-order valence-electron chi connectivity index (χ0n) is 7.75. The molecule has 0 amide bonds. The maximum absolute atomic E-state index is 11.6. The minimum absolute atomic E-state index is 0.125. The van der Waals surface area contributed by atoms with Crippen LogP contribution in [-0.2, 0) is 0 Å². The number of benzene rings is 1. The van der Waals surface area contributed by atoms with E-state index >= 15 is 0 Å². The quantitative estimate of drug-likeness (QED) is 0.834. The molecule has 82 valence electrons. The van der Waals surface area contributed by atoms with E-state index in [9.17, 15) is 9.59 Å². The Morgan fingerprint density at radius 2 is 1.88 bits per heavy atom. The molecule has 16 heavy (non-hydrogen) atoms. The number of nitrogens with one attached hydrogen (secondary N) is 1. The molecule has 0 spiro atoms. The molecule has 6 heteroatoms. The van der Waals surface area contributed by atoms with Gasteiger partial charge >= 0.3 is 5.97 Å². The molecule has 0 aliphatic heterocycles. The molecule has 2 N–H and O–H groups in total. The number of aromatic amines is 1. The molecular formula is C10H5Br2NO3. The Balaban J connectivity index is 2.93. The van der Waals surface area contributed by atoms with Crippen LogP contribution >= 0.6 is 31.9 Å². The molecule has 0 saturated heterocycles. The van der Waals surface area contributed by atoms with Crippen LogP contribution in [0.1, 0.15) is 10.5 Å². The van der Waals surface area contributed by atoms with Gasteiger partial charge in [0.25, 0.3) is 5.56 Å². The normalized spacial score (nSPS) is 10.6. The van der Waals surface area contributed by atoms with E-state index in [0.29, 0.717) is 15.2 Å². The number of H-pyrrole nitrogens is 1. The van der Waals surface area contributed by atoms with Crippen molar-refractivity contribution in [1.82, 2.24) is 4.98 Å². The Labute approximate surface area is 107 Å². The third-order valence-corrected chi connectivity index (χ3v) is 3.22. The molecule has 0 atom stereocenters. The zero-order chi connectivity index (χ0) is 11.9. The van der Waals surface area contributed by atoms with Gasteiger partial charge in [-0.25, -0.2) is 4.79 Å². The SMILES string of the molecule is O=C(O)c1cc2c(Br)cc(Br)cc2c(=O)[nH]1. The van der Waals surface area contributed by atoms with Gasteiger partial charge in [-0.3, -0.25) is 4.79 Å². The first kappa shape index (κ1) is 11.3. The average molecular weight is 347 g/mol. The lowest BCUT2D eigenvalue weighted by Gasteiger charge is -2.03. The van der Waals surface area contributed by atoms with Gasteiger partial charge in [-0.15, -0.1) is 0 Å². The van der Waals surface area contributed by atoms with E-state index in [1.165, 1.54) is 6.07 Å². The van der Waals surface area contributed by atoms with Crippen molar-refractivity contribution in [2.75, 3.05) is 0 Å². The zero-order valence-corrected chi connectivity index (χ0v) is 10.9. The molecule has 2 rings (SSSR count). The lowest BCUT2D eigenvalue weighted by Crippen LogP contribution is -2.13. The number of carbonyl (C=O) groups is 1. The van der Waals surface area contributed by atoms with Gasteiger partial charge in [-0.05, 0) is 18.2 Å². The van der Waals surface area contributed by atoms with Gasteiger partial charge in [0.15, 0.2) is 0 Å². The summed E-state index contributed by atoms with van der Waals surface area (Å²) >= 11 is 6.56. The number of carboxylic acid groups (broad SMARTS) is 1. The fraction of sp³-hybridized carbons (Fsp3) is 0. The monoisotopic (exact) mass is 345 g/mol. The molecule has 1 aromatic heterocycles. The van der Waals surface area contributed by atoms with Gasteiger partial charge in [-0.2, -0.15) is 0 Å². The van der Waals surface area contributed by atoms with Gasteiger partial charge < -0.3 is 10.1 Å². The van der Waals surface area contributed by atoms with Crippen LogP contribution in [0.4, 0.5) is 0 Å². The van der Waals surface area contributed by atoms with Crippen molar-refractivity contribution in [3.63, 3.8) is 0 Å². The van der Waals surface area contributed by atoms with E-state index < -0.39 is 11.5 Å². The number of hydrogen-bond donors (Lipinski definition) is 2. The van der Waals surface area contributed by atoms with E-state index in [4.69, 9.17) is 5.11 Å². The van der Waals surface area contributed by atoms with E-state index in [2.05, 4.69) is 36.8 Å². The van der Waals surface area contributed by atoms with E-state index in [-0.39, 0.29) is 5.69 Å². The summed E-state index contributed by atoms with van der Waals surface area (Å²) in [5.41, 5.74) is -0.544. The smallest absolute Gasteiger partial charge is 0.352 e. The molecule has 0 saturated carbocycles. The maximum Gasteiger partial charge on any atom is 0.352 e.